The van der Waals surface area contributed by atoms with Gasteiger partial charge < -0.3 is 10.1 Å². The summed E-state index contributed by atoms with van der Waals surface area (Å²) in [5, 5.41) is 2.97. The number of fused-ring (bicyclic) bond motifs is 1. The minimum atomic E-state index is -0.345. The van der Waals surface area contributed by atoms with Gasteiger partial charge in [-0.25, -0.2) is 0 Å². The molecule has 2 amide bonds. The molecule has 156 valence electrons. The highest BCUT2D eigenvalue weighted by atomic mass is 16.5. The number of para-hydroxylation sites is 2. The molecule has 1 atom stereocenters. The Hall–Kier alpha value is -3.86. The highest BCUT2D eigenvalue weighted by Crippen LogP contribution is 2.35. The van der Waals surface area contributed by atoms with E-state index < -0.39 is 0 Å². The molecule has 5 nitrogen and oxygen atoms in total. The van der Waals surface area contributed by atoms with Gasteiger partial charge in [0.05, 0.1) is 11.7 Å². The second-order valence-corrected chi connectivity index (χ2v) is 7.58. The average molecular weight is 412 g/mol. The summed E-state index contributed by atoms with van der Waals surface area (Å²) < 4.78 is 5.89. The fraction of sp³-hybridized carbons (Fsp3) is 0.154. The van der Waals surface area contributed by atoms with Crippen LogP contribution in [0.15, 0.2) is 84.6 Å². The summed E-state index contributed by atoms with van der Waals surface area (Å²) in [5.41, 5.74) is 3.54. The first-order chi connectivity index (χ1) is 15.0. The van der Waals surface area contributed by atoms with Gasteiger partial charge in [-0.05, 0) is 43.2 Å². The Morgan fingerprint density at radius 3 is 2.55 bits per heavy atom. The number of hydrogen-bond donors (Lipinski definition) is 1. The minimum absolute atomic E-state index is 0.0957. The van der Waals surface area contributed by atoms with Crippen LogP contribution in [0.25, 0.3) is 6.08 Å². The van der Waals surface area contributed by atoms with Gasteiger partial charge in [0, 0.05) is 0 Å². The molecule has 0 aliphatic carbocycles. The molecule has 0 aromatic heterocycles. The van der Waals surface area contributed by atoms with Crippen molar-refractivity contribution in [3.8, 4) is 5.75 Å². The molecule has 0 saturated heterocycles. The van der Waals surface area contributed by atoms with Crippen molar-refractivity contribution in [1.29, 1.82) is 0 Å². The topological polar surface area (TPSA) is 58.6 Å². The van der Waals surface area contributed by atoms with E-state index in [-0.39, 0.29) is 30.2 Å². The number of nitrogens with one attached hydrogen (secondary N) is 1. The normalized spacial score (nSPS) is 15.2. The molecule has 0 fully saturated rings. The summed E-state index contributed by atoms with van der Waals surface area (Å²) in [6.07, 6.45) is 1.71. The van der Waals surface area contributed by atoms with Crippen LogP contribution in [0, 0.1) is 6.92 Å². The molecular formula is C26H24N2O3. The number of aryl methyl sites for hydroxylation is 1. The number of benzene rings is 3. The quantitative estimate of drug-likeness (QED) is 0.621. The van der Waals surface area contributed by atoms with Gasteiger partial charge in [0.1, 0.15) is 6.54 Å². The van der Waals surface area contributed by atoms with Crippen molar-refractivity contribution in [2.75, 3.05) is 11.4 Å². The Morgan fingerprint density at radius 1 is 1.03 bits per heavy atom. The molecule has 0 bridgehead atoms. The number of carbonyl (C=O) groups is 2. The molecule has 0 radical (unpaired) electrons. The van der Waals surface area contributed by atoms with Gasteiger partial charge in [-0.2, -0.15) is 0 Å². The van der Waals surface area contributed by atoms with Crippen molar-refractivity contribution >= 4 is 23.6 Å². The van der Waals surface area contributed by atoms with Crippen molar-refractivity contribution in [2.45, 2.75) is 19.9 Å². The molecule has 4 rings (SSSR count). The maximum atomic E-state index is 13.2. The van der Waals surface area contributed by atoms with Crippen LogP contribution in [0.3, 0.4) is 0 Å². The summed E-state index contributed by atoms with van der Waals surface area (Å²) in [6, 6.07) is 24.6. The van der Waals surface area contributed by atoms with E-state index in [1.807, 2.05) is 80.6 Å². The predicted molar refractivity (Wildman–Crippen MR) is 122 cm³/mol. The first kappa shape index (κ1) is 20.4. The van der Waals surface area contributed by atoms with Crippen molar-refractivity contribution < 1.29 is 14.3 Å². The largest absolute Gasteiger partial charge is 0.449 e. The summed E-state index contributed by atoms with van der Waals surface area (Å²) >= 11 is 0. The van der Waals surface area contributed by atoms with Crippen LogP contribution in [-0.2, 0) is 9.59 Å². The third kappa shape index (κ3) is 4.67. The molecule has 31 heavy (non-hydrogen) atoms. The fourth-order valence-corrected chi connectivity index (χ4v) is 3.59. The van der Waals surface area contributed by atoms with Crippen LogP contribution in [0.1, 0.15) is 29.7 Å². The molecular weight excluding hydrogens is 388 g/mol. The average Bonchev–Trinajstić information content (AvgIpc) is 2.77. The smallest absolute Gasteiger partial charge is 0.294 e. The van der Waals surface area contributed by atoms with E-state index in [1.54, 1.807) is 18.2 Å². The first-order valence-electron chi connectivity index (χ1n) is 10.2. The standard InChI is InChI=1S/C26H24N2O3/c1-18-9-8-10-20(15-18)16-24-26(30)28(22-13-6-7-14-23(22)31-24)17-25(29)27-19(2)21-11-4-3-5-12-21/h3-16,19H,17H2,1-2H3,(H,27,29)/b24-16+/t19-/m1/s1. The summed E-state index contributed by atoms with van der Waals surface area (Å²) in [7, 11) is 0. The van der Waals surface area contributed by atoms with E-state index in [0.29, 0.717) is 11.4 Å². The van der Waals surface area contributed by atoms with E-state index in [0.717, 1.165) is 16.7 Å². The van der Waals surface area contributed by atoms with Gasteiger partial charge in [-0.1, -0.05) is 72.3 Å². The van der Waals surface area contributed by atoms with E-state index in [1.165, 1.54) is 4.90 Å². The second kappa shape index (κ2) is 8.88. The Balaban J connectivity index is 1.58. The van der Waals surface area contributed by atoms with Gasteiger partial charge >= 0.3 is 0 Å². The molecule has 3 aromatic rings. The maximum Gasteiger partial charge on any atom is 0.294 e. The summed E-state index contributed by atoms with van der Waals surface area (Å²) in [6.45, 7) is 3.82. The van der Waals surface area contributed by atoms with E-state index in [4.69, 9.17) is 4.74 Å². The van der Waals surface area contributed by atoms with Crippen molar-refractivity contribution in [3.05, 3.63) is 101 Å². The highest BCUT2D eigenvalue weighted by molar-refractivity contribution is 6.12. The van der Waals surface area contributed by atoms with Gasteiger partial charge in [0.15, 0.2) is 11.5 Å². The first-order valence-corrected chi connectivity index (χ1v) is 10.2. The number of amides is 2. The van der Waals surface area contributed by atoms with E-state index in [2.05, 4.69) is 5.32 Å². The monoisotopic (exact) mass is 412 g/mol. The number of hydrogen-bond acceptors (Lipinski definition) is 3. The van der Waals surface area contributed by atoms with Gasteiger partial charge in [-0.15, -0.1) is 0 Å². The lowest BCUT2D eigenvalue weighted by Crippen LogP contribution is -2.44. The highest BCUT2D eigenvalue weighted by Gasteiger charge is 2.31. The van der Waals surface area contributed by atoms with Crippen LogP contribution < -0.4 is 15.0 Å². The summed E-state index contributed by atoms with van der Waals surface area (Å²) in [4.78, 5) is 27.5. The van der Waals surface area contributed by atoms with Crippen molar-refractivity contribution in [2.24, 2.45) is 0 Å². The van der Waals surface area contributed by atoms with Gasteiger partial charge in [0.25, 0.3) is 5.91 Å². The van der Waals surface area contributed by atoms with Crippen LogP contribution in [-0.4, -0.2) is 18.4 Å². The van der Waals surface area contributed by atoms with Crippen LogP contribution >= 0.6 is 0 Å². The third-order valence-electron chi connectivity index (χ3n) is 5.15. The lowest BCUT2D eigenvalue weighted by atomic mass is 10.1. The second-order valence-electron chi connectivity index (χ2n) is 7.58. The number of carbonyl (C=O) groups excluding carboxylic acids is 2. The van der Waals surface area contributed by atoms with Crippen LogP contribution in [0.4, 0.5) is 5.69 Å². The lowest BCUT2D eigenvalue weighted by Gasteiger charge is -2.30. The lowest BCUT2D eigenvalue weighted by molar-refractivity contribution is -0.123. The number of nitrogens with zero attached hydrogens (tertiary/aromatic N) is 1. The number of anilines is 1. The Kier molecular flexibility index (Phi) is 5.85. The molecule has 1 heterocycles. The Bertz CT molecular complexity index is 1140. The Morgan fingerprint density at radius 2 is 1.77 bits per heavy atom. The zero-order valence-electron chi connectivity index (χ0n) is 17.5. The third-order valence-corrected chi connectivity index (χ3v) is 5.15. The maximum absolute atomic E-state index is 13.2. The van der Waals surface area contributed by atoms with Gasteiger partial charge in [0.2, 0.25) is 5.91 Å². The number of rotatable bonds is 5. The van der Waals surface area contributed by atoms with Gasteiger partial charge in [-0.3, -0.25) is 14.5 Å². The van der Waals surface area contributed by atoms with Crippen LogP contribution in [0.2, 0.25) is 0 Å². The van der Waals surface area contributed by atoms with Crippen LogP contribution in [0.5, 0.6) is 5.75 Å². The molecule has 1 N–H and O–H groups in total. The zero-order valence-corrected chi connectivity index (χ0v) is 17.5. The minimum Gasteiger partial charge on any atom is -0.449 e. The van der Waals surface area contributed by atoms with E-state index >= 15 is 0 Å². The molecule has 0 saturated carbocycles. The molecule has 0 unspecified atom stereocenters. The molecule has 1 aliphatic rings. The molecule has 3 aromatic carbocycles. The molecule has 0 spiro atoms. The SMILES string of the molecule is Cc1cccc(/C=C2/Oc3ccccc3N(CC(=O)N[C@H](C)c3ccccc3)C2=O)c1. The summed E-state index contributed by atoms with van der Waals surface area (Å²) in [5.74, 6) is 0.150. The van der Waals surface area contributed by atoms with Crippen molar-refractivity contribution in [1.82, 2.24) is 5.32 Å². The number of ether oxygens (including phenoxy) is 1. The van der Waals surface area contributed by atoms with E-state index in [9.17, 15) is 9.59 Å². The fourth-order valence-electron chi connectivity index (χ4n) is 3.59. The predicted octanol–water partition coefficient (Wildman–Crippen LogP) is 4.64. The molecule has 5 heteroatoms. The Labute approximate surface area is 182 Å². The van der Waals surface area contributed by atoms with Crippen molar-refractivity contribution in [3.63, 3.8) is 0 Å². The molecule has 1 aliphatic heterocycles. The zero-order chi connectivity index (χ0) is 21.8.